The van der Waals surface area contributed by atoms with Gasteiger partial charge in [-0.05, 0) is 85.8 Å². The fourth-order valence-corrected chi connectivity index (χ4v) is 3.32. The summed E-state index contributed by atoms with van der Waals surface area (Å²) in [5.74, 6) is 0.757. The first-order chi connectivity index (χ1) is 9.58. The molecule has 2 rings (SSSR count). The summed E-state index contributed by atoms with van der Waals surface area (Å²) >= 11 is 2.28. The van der Waals surface area contributed by atoms with Gasteiger partial charge in [0.2, 0.25) is 5.91 Å². The summed E-state index contributed by atoms with van der Waals surface area (Å²) in [6.07, 6.45) is 1.18. The van der Waals surface area contributed by atoms with Crippen LogP contribution in [0.2, 0.25) is 0 Å². The zero-order valence-electron chi connectivity index (χ0n) is 12.5. The average molecular weight is 424 g/mol. The Hall–Kier alpha value is -0.370. The molecule has 1 unspecified atom stereocenters. The van der Waals surface area contributed by atoms with Crippen molar-refractivity contribution in [1.29, 1.82) is 0 Å². The minimum Gasteiger partial charge on any atom is -0.325 e. The standard InChI is InChI=1S/C15H22IN3O.ClH/c1-11-7-13(16)3-4-14(11)18-15(20)10-19-6-5-12(9-19)8-17-2;/h3-4,7,12,17H,5-6,8-10H2,1-2H3,(H,18,20);1H. The van der Waals surface area contributed by atoms with Crippen LogP contribution in [0.15, 0.2) is 18.2 Å². The second kappa shape index (κ2) is 8.92. The number of halogens is 2. The molecule has 1 amide bonds. The van der Waals surface area contributed by atoms with Crippen molar-refractivity contribution in [3.8, 4) is 0 Å². The predicted octanol–water partition coefficient (Wildman–Crippen LogP) is 2.50. The fraction of sp³-hybridized carbons (Fsp3) is 0.533. The topological polar surface area (TPSA) is 44.4 Å². The summed E-state index contributed by atoms with van der Waals surface area (Å²) in [4.78, 5) is 14.3. The Morgan fingerprint density at radius 2 is 2.24 bits per heavy atom. The van der Waals surface area contributed by atoms with Crippen LogP contribution < -0.4 is 10.6 Å². The lowest BCUT2D eigenvalue weighted by atomic mass is 10.1. The molecule has 0 saturated carbocycles. The van der Waals surface area contributed by atoms with Crippen LogP contribution in [0.3, 0.4) is 0 Å². The number of nitrogens with one attached hydrogen (secondary N) is 2. The minimum absolute atomic E-state index is 0. The van der Waals surface area contributed by atoms with Gasteiger partial charge in [0.25, 0.3) is 0 Å². The van der Waals surface area contributed by atoms with Gasteiger partial charge in [0.15, 0.2) is 0 Å². The molecule has 1 aliphatic heterocycles. The van der Waals surface area contributed by atoms with Crippen LogP contribution in [0.4, 0.5) is 5.69 Å². The van der Waals surface area contributed by atoms with Crippen molar-refractivity contribution < 1.29 is 4.79 Å². The molecule has 6 heteroatoms. The largest absolute Gasteiger partial charge is 0.325 e. The van der Waals surface area contributed by atoms with Gasteiger partial charge in [0.05, 0.1) is 6.54 Å². The molecule has 2 N–H and O–H groups in total. The third-order valence-corrected chi connectivity index (χ3v) is 4.36. The lowest BCUT2D eigenvalue weighted by Crippen LogP contribution is -2.32. The number of amides is 1. The molecule has 1 aromatic carbocycles. The van der Waals surface area contributed by atoms with Crippen molar-refractivity contribution in [2.45, 2.75) is 13.3 Å². The van der Waals surface area contributed by atoms with Crippen LogP contribution in [0, 0.1) is 16.4 Å². The molecule has 1 aromatic rings. The molecule has 1 atom stereocenters. The highest BCUT2D eigenvalue weighted by Crippen LogP contribution is 2.18. The van der Waals surface area contributed by atoms with Gasteiger partial charge in [0, 0.05) is 15.8 Å². The second-order valence-electron chi connectivity index (χ2n) is 5.45. The molecule has 0 radical (unpaired) electrons. The quantitative estimate of drug-likeness (QED) is 0.715. The predicted molar refractivity (Wildman–Crippen MR) is 98.2 cm³/mol. The molecule has 0 aliphatic carbocycles. The van der Waals surface area contributed by atoms with E-state index in [1.807, 2.05) is 26.1 Å². The van der Waals surface area contributed by atoms with Crippen molar-refractivity contribution >= 4 is 46.6 Å². The molecule has 1 fully saturated rings. The number of likely N-dealkylation sites (tertiary alicyclic amines) is 1. The molecule has 0 bridgehead atoms. The third-order valence-electron chi connectivity index (χ3n) is 3.69. The first kappa shape index (κ1) is 18.7. The van der Waals surface area contributed by atoms with Gasteiger partial charge in [-0.2, -0.15) is 0 Å². The molecular weight excluding hydrogens is 401 g/mol. The normalized spacial score (nSPS) is 18.3. The molecule has 21 heavy (non-hydrogen) atoms. The number of benzene rings is 1. The van der Waals surface area contributed by atoms with Crippen molar-refractivity contribution in [2.24, 2.45) is 5.92 Å². The number of nitrogens with zero attached hydrogens (tertiary/aromatic N) is 1. The molecule has 4 nitrogen and oxygen atoms in total. The maximum absolute atomic E-state index is 12.1. The Labute approximate surface area is 146 Å². The van der Waals surface area contributed by atoms with Gasteiger partial charge < -0.3 is 10.6 Å². The zero-order chi connectivity index (χ0) is 14.5. The third kappa shape index (κ3) is 5.73. The lowest BCUT2D eigenvalue weighted by molar-refractivity contribution is -0.117. The van der Waals surface area contributed by atoms with E-state index in [1.54, 1.807) is 0 Å². The van der Waals surface area contributed by atoms with E-state index < -0.39 is 0 Å². The SMILES string of the molecule is CNCC1CCN(CC(=O)Nc2ccc(I)cc2C)C1.Cl. The van der Waals surface area contributed by atoms with Crippen LogP contribution in [-0.4, -0.2) is 44.0 Å². The van der Waals surface area contributed by atoms with Crippen molar-refractivity contribution in [2.75, 3.05) is 38.5 Å². The highest BCUT2D eigenvalue weighted by atomic mass is 127. The number of carbonyl (C=O) groups is 1. The summed E-state index contributed by atoms with van der Waals surface area (Å²) in [6.45, 7) is 5.59. The van der Waals surface area contributed by atoms with Gasteiger partial charge in [0.1, 0.15) is 0 Å². The van der Waals surface area contributed by atoms with Crippen LogP contribution in [0.1, 0.15) is 12.0 Å². The van der Waals surface area contributed by atoms with E-state index in [-0.39, 0.29) is 18.3 Å². The Balaban J connectivity index is 0.00000220. The molecular formula is C15H23ClIN3O. The van der Waals surface area contributed by atoms with E-state index >= 15 is 0 Å². The van der Waals surface area contributed by atoms with Gasteiger partial charge >= 0.3 is 0 Å². The number of anilines is 1. The van der Waals surface area contributed by atoms with E-state index in [0.717, 1.165) is 30.9 Å². The Bertz CT molecular complexity index is 484. The maximum atomic E-state index is 12.1. The number of hydrogen-bond acceptors (Lipinski definition) is 3. The van der Waals surface area contributed by atoms with Crippen molar-refractivity contribution in [3.05, 3.63) is 27.3 Å². The van der Waals surface area contributed by atoms with Crippen LogP contribution in [0.5, 0.6) is 0 Å². The lowest BCUT2D eigenvalue weighted by Gasteiger charge is -2.16. The first-order valence-corrected chi connectivity index (χ1v) is 8.09. The summed E-state index contributed by atoms with van der Waals surface area (Å²) in [6, 6.07) is 6.07. The van der Waals surface area contributed by atoms with E-state index in [9.17, 15) is 4.79 Å². The average Bonchev–Trinajstić information content (AvgIpc) is 2.81. The maximum Gasteiger partial charge on any atom is 0.238 e. The van der Waals surface area contributed by atoms with E-state index in [0.29, 0.717) is 12.5 Å². The van der Waals surface area contributed by atoms with E-state index in [1.165, 1.54) is 9.99 Å². The Morgan fingerprint density at radius 1 is 1.48 bits per heavy atom. The number of rotatable bonds is 5. The van der Waals surface area contributed by atoms with E-state index in [2.05, 4.69) is 44.2 Å². The van der Waals surface area contributed by atoms with Crippen molar-refractivity contribution in [1.82, 2.24) is 10.2 Å². The summed E-state index contributed by atoms with van der Waals surface area (Å²) in [5.41, 5.74) is 2.03. The summed E-state index contributed by atoms with van der Waals surface area (Å²) in [5, 5.41) is 6.22. The Morgan fingerprint density at radius 3 is 2.90 bits per heavy atom. The number of hydrogen-bond donors (Lipinski definition) is 2. The van der Waals surface area contributed by atoms with Crippen LogP contribution in [0.25, 0.3) is 0 Å². The Kier molecular flexibility index (Phi) is 7.94. The summed E-state index contributed by atoms with van der Waals surface area (Å²) in [7, 11) is 1.98. The molecule has 118 valence electrons. The molecule has 1 aliphatic rings. The molecule has 0 aromatic heterocycles. The molecule has 1 saturated heterocycles. The summed E-state index contributed by atoms with van der Waals surface area (Å²) < 4.78 is 1.19. The first-order valence-electron chi connectivity index (χ1n) is 7.01. The highest BCUT2D eigenvalue weighted by molar-refractivity contribution is 14.1. The second-order valence-corrected chi connectivity index (χ2v) is 6.70. The highest BCUT2D eigenvalue weighted by Gasteiger charge is 2.23. The van der Waals surface area contributed by atoms with Crippen LogP contribution >= 0.6 is 35.0 Å². The van der Waals surface area contributed by atoms with E-state index in [4.69, 9.17) is 0 Å². The van der Waals surface area contributed by atoms with Crippen LogP contribution in [-0.2, 0) is 4.79 Å². The fourth-order valence-electron chi connectivity index (χ4n) is 2.67. The van der Waals surface area contributed by atoms with Gasteiger partial charge in [-0.25, -0.2) is 0 Å². The van der Waals surface area contributed by atoms with Gasteiger partial charge in [-0.1, -0.05) is 0 Å². The monoisotopic (exact) mass is 423 g/mol. The molecule has 0 spiro atoms. The number of aryl methyl sites for hydroxylation is 1. The molecule has 1 heterocycles. The number of carbonyl (C=O) groups excluding carboxylic acids is 1. The van der Waals surface area contributed by atoms with Gasteiger partial charge in [-0.15, -0.1) is 12.4 Å². The van der Waals surface area contributed by atoms with Gasteiger partial charge in [-0.3, -0.25) is 9.69 Å². The smallest absolute Gasteiger partial charge is 0.238 e. The zero-order valence-corrected chi connectivity index (χ0v) is 15.5. The minimum atomic E-state index is 0. The van der Waals surface area contributed by atoms with Crippen molar-refractivity contribution in [3.63, 3.8) is 0 Å².